The number of hydrogen-bond donors (Lipinski definition) is 2. The van der Waals surface area contributed by atoms with Crippen molar-refractivity contribution in [2.75, 3.05) is 29.9 Å². The number of fused-ring (bicyclic) bond motifs is 1. The van der Waals surface area contributed by atoms with Gasteiger partial charge in [0, 0.05) is 26.7 Å². The summed E-state index contributed by atoms with van der Waals surface area (Å²) < 4.78 is 0. The Bertz CT molecular complexity index is 633. The van der Waals surface area contributed by atoms with Gasteiger partial charge < -0.3 is 19.8 Å². The molecule has 3 rings (SSSR count). The fourth-order valence-electron chi connectivity index (χ4n) is 2.80. The molecule has 0 atom stereocenters. The van der Waals surface area contributed by atoms with E-state index in [-0.39, 0.29) is 0 Å². The molecule has 2 N–H and O–H groups in total. The molecule has 1 aliphatic rings. The zero-order valence-electron chi connectivity index (χ0n) is 12.1. The van der Waals surface area contributed by atoms with Gasteiger partial charge in [0.2, 0.25) is 0 Å². The highest BCUT2D eigenvalue weighted by Crippen LogP contribution is 2.32. The summed E-state index contributed by atoms with van der Waals surface area (Å²) >= 11 is 0. The van der Waals surface area contributed by atoms with Crippen LogP contribution in [0.1, 0.15) is 5.56 Å². The zero-order chi connectivity index (χ0) is 14.8. The predicted octanol–water partition coefficient (Wildman–Crippen LogP) is 0.823. The summed E-state index contributed by atoms with van der Waals surface area (Å²) in [6.45, 7) is 2.71. The van der Waals surface area contributed by atoms with Gasteiger partial charge in [-0.25, -0.2) is 0 Å². The summed E-state index contributed by atoms with van der Waals surface area (Å²) in [5, 5.41) is 18.6. The first-order chi connectivity index (χ1) is 10.1. The Kier molecular flexibility index (Phi) is 3.86. The van der Waals surface area contributed by atoms with Crippen molar-refractivity contribution < 1.29 is 10.0 Å². The number of benzene rings is 2. The number of rotatable bonds is 3. The van der Waals surface area contributed by atoms with Gasteiger partial charge in [-0.1, -0.05) is 36.4 Å². The Morgan fingerprint density at radius 1 is 1.00 bits per heavy atom. The molecule has 108 valence electrons. The average Bonchev–Trinajstić information content (AvgIpc) is 2.51. The van der Waals surface area contributed by atoms with Gasteiger partial charge in [0.05, 0.1) is 11.4 Å². The molecule has 0 unspecified atom stereocenters. The predicted molar refractivity (Wildman–Crippen MR) is 87.0 cm³/mol. The highest BCUT2D eigenvalue weighted by atomic mass is 16.4. The molecule has 0 fully saturated rings. The third-order valence-corrected chi connectivity index (χ3v) is 3.96. The van der Waals surface area contributed by atoms with E-state index in [1.165, 1.54) is 11.4 Å². The summed E-state index contributed by atoms with van der Waals surface area (Å²) in [6, 6.07) is 15.8. The van der Waals surface area contributed by atoms with Crippen molar-refractivity contribution >= 4 is 24.0 Å². The van der Waals surface area contributed by atoms with Crippen molar-refractivity contribution in [3.8, 4) is 0 Å². The molecule has 4 nitrogen and oxygen atoms in total. The molecular weight excluding hydrogens is 263 g/mol. The molecule has 0 saturated carbocycles. The van der Waals surface area contributed by atoms with E-state index in [9.17, 15) is 10.0 Å². The maximum atomic E-state index is 9.28. The van der Waals surface area contributed by atoms with Crippen molar-refractivity contribution in [1.29, 1.82) is 0 Å². The molecule has 0 bridgehead atoms. The maximum absolute atomic E-state index is 9.28. The largest absolute Gasteiger partial charge is 0.488 e. The molecule has 0 aromatic heterocycles. The lowest BCUT2D eigenvalue weighted by atomic mass is 9.79. The quantitative estimate of drug-likeness (QED) is 0.818. The second-order valence-electron chi connectivity index (χ2n) is 5.45. The molecule has 2 aromatic carbocycles. The molecule has 2 aromatic rings. The van der Waals surface area contributed by atoms with Gasteiger partial charge >= 0.3 is 7.12 Å². The summed E-state index contributed by atoms with van der Waals surface area (Å²) in [6.07, 6.45) is 0. The molecule has 0 aliphatic carbocycles. The molecule has 0 amide bonds. The van der Waals surface area contributed by atoms with Gasteiger partial charge in [-0.15, -0.1) is 0 Å². The summed E-state index contributed by atoms with van der Waals surface area (Å²) in [7, 11) is 0.698. The van der Waals surface area contributed by atoms with Crippen LogP contribution in [-0.2, 0) is 6.54 Å². The third kappa shape index (κ3) is 2.89. The summed E-state index contributed by atoms with van der Waals surface area (Å²) in [5.41, 5.74) is 4.08. The lowest BCUT2D eigenvalue weighted by Gasteiger charge is -2.37. The SMILES string of the molecule is CN1CCN(Cc2cccc(B(O)O)c2)c2ccccc21. The van der Waals surface area contributed by atoms with E-state index >= 15 is 0 Å². The number of para-hydroxylation sites is 2. The number of nitrogens with zero attached hydrogens (tertiary/aromatic N) is 2. The van der Waals surface area contributed by atoms with E-state index in [1.54, 1.807) is 6.07 Å². The van der Waals surface area contributed by atoms with Crippen molar-refractivity contribution in [3.05, 3.63) is 54.1 Å². The first kappa shape index (κ1) is 14.0. The molecule has 1 heterocycles. The fraction of sp³-hybridized carbons (Fsp3) is 0.250. The Labute approximate surface area is 125 Å². The second kappa shape index (κ2) is 5.80. The van der Waals surface area contributed by atoms with Gasteiger partial charge in [0.25, 0.3) is 0 Å². The molecule has 0 spiro atoms. The second-order valence-corrected chi connectivity index (χ2v) is 5.45. The monoisotopic (exact) mass is 282 g/mol. The molecular formula is C16H19BN2O2. The van der Waals surface area contributed by atoms with E-state index in [1.807, 2.05) is 18.2 Å². The van der Waals surface area contributed by atoms with E-state index in [0.29, 0.717) is 5.46 Å². The lowest BCUT2D eigenvalue weighted by Crippen LogP contribution is -2.39. The average molecular weight is 282 g/mol. The summed E-state index contributed by atoms with van der Waals surface area (Å²) in [4.78, 5) is 4.60. The highest BCUT2D eigenvalue weighted by Gasteiger charge is 2.20. The molecule has 1 aliphatic heterocycles. The van der Waals surface area contributed by atoms with Crippen LogP contribution in [0.5, 0.6) is 0 Å². The Morgan fingerprint density at radius 3 is 2.52 bits per heavy atom. The molecule has 21 heavy (non-hydrogen) atoms. The van der Waals surface area contributed by atoms with E-state index in [4.69, 9.17) is 0 Å². The highest BCUT2D eigenvalue weighted by molar-refractivity contribution is 6.58. The topological polar surface area (TPSA) is 46.9 Å². The van der Waals surface area contributed by atoms with Crippen molar-refractivity contribution in [2.45, 2.75) is 6.54 Å². The van der Waals surface area contributed by atoms with Gasteiger partial charge in [0.15, 0.2) is 0 Å². The zero-order valence-corrected chi connectivity index (χ0v) is 12.1. The van der Waals surface area contributed by atoms with E-state index in [0.717, 1.165) is 25.2 Å². The fourth-order valence-corrected chi connectivity index (χ4v) is 2.80. The standard InChI is InChI=1S/C16H19BN2O2/c1-18-9-10-19(16-8-3-2-7-15(16)18)12-13-5-4-6-14(11-13)17(20)21/h2-8,11,20-21H,9-10,12H2,1H3. The first-order valence-corrected chi connectivity index (χ1v) is 7.15. The van der Waals surface area contributed by atoms with Crippen LogP contribution in [0.15, 0.2) is 48.5 Å². The van der Waals surface area contributed by atoms with Crippen LogP contribution >= 0.6 is 0 Å². The van der Waals surface area contributed by atoms with Gasteiger partial charge in [-0.3, -0.25) is 0 Å². The third-order valence-electron chi connectivity index (χ3n) is 3.96. The van der Waals surface area contributed by atoms with Crippen molar-refractivity contribution in [2.24, 2.45) is 0 Å². The van der Waals surface area contributed by atoms with Crippen molar-refractivity contribution in [1.82, 2.24) is 0 Å². The molecule has 0 radical (unpaired) electrons. The molecule has 5 heteroatoms. The minimum absolute atomic E-state index is 0.537. The number of likely N-dealkylation sites (N-methyl/N-ethyl adjacent to an activating group) is 1. The van der Waals surface area contributed by atoms with Crippen LogP contribution in [-0.4, -0.2) is 37.3 Å². The summed E-state index contributed by atoms with van der Waals surface area (Å²) in [5.74, 6) is 0. The normalized spacial score (nSPS) is 14.0. The minimum Gasteiger partial charge on any atom is -0.423 e. The van der Waals surface area contributed by atoms with Crippen LogP contribution in [0, 0.1) is 0 Å². The van der Waals surface area contributed by atoms with E-state index in [2.05, 4.69) is 41.1 Å². The number of anilines is 2. The Hall–Kier alpha value is -1.98. The number of hydrogen-bond acceptors (Lipinski definition) is 4. The smallest absolute Gasteiger partial charge is 0.423 e. The van der Waals surface area contributed by atoms with Crippen LogP contribution in [0.4, 0.5) is 11.4 Å². The Morgan fingerprint density at radius 2 is 1.76 bits per heavy atom. The maximum Gasteiger partial charge on any atom is 0.488 e. The minimum atomic E-state index is -1.41. The van der Waals surface area contributed by atoms with Crippen LogP contribution in [0.25, 0.3) is 0 Å². The van der Waals surface area contributed by atoms with Gasteiger partial charge in [-0.2, -0.15) is 0 Å². The van der Waals surface area contributed by atoms with Gasteiger partial charge in [-0.05, 0) is 23.2 Å². The van der Waals surface area contributed by atoms with Gasteiger partial charge in [0.1, 0.15) is 0 Å². The molecule has 0 saturated heterocycles. The van der Waals surface area contributed by atoms with E-state index < -0.39 is 7.12 Å². The lowest BCUT2D eigenvalue weighted by molar-refractivity contribution is 0.425. The first-order valence-electron chi connectivity index (χ1n) is 7.15. The van der Waals surface area contributed by atoms with Crippen LogP contribution < -0.4 is 15.3 Å². The Balaban J connectivity index is 1.86. The van der Waals surface area contributed by atoms with Crippen molar-refractivity contribution in [3.63, 3.8) is 0 Å². The van der Waals surface area contributed by atoms with Crippen LogP contribution in [0.3, 0.4) is 0 Å². The van der Waals surface area contributed by atoms with Crippen LogP contribution in [0.2, 0.25) is 0 Å².